The summed E-state index contributed by atoms with van der Waals surface area (Å²) in [4.78, 5) is 12.3. The third-order valence-electron chi connectivity index (χ3n) is 4.08. The van der Waals surface area contributed by atoms with Crippen molar-refractivity contribution in [1.29, 1.82) is 0 Å². The van der Waals surface area contributed by atoms with Crippen LogP contribution in [0, 0.1) is 5.82 Å². The maximum atomic E-state index is 14.3. The van der Waals surface area contributed by atoms with Crippen LogP contribution in [0.1, 0.15) is 36.7 Å². The molecule has 0 saturated heterocycles. The third kappa shape index (κ3) is 4.78. The second-order valence-corrected chi connectivity index (χ2v) is 6.31. The van der Waals surface area contributed by atoms with E-state index in [-0.39, 0.29) is 0 Å². The molecule has 0 radical (unpaired) electrons. The fourth-order valence-corrected chi connectivity index (χ4v) is 2.14. The van der Waals surface area contributed by atoms with Gasteiger partial charge in [-0.3, -0.25) is 4.79 Å². The highest BCUT2D eigenvalue weighted by Gasteiger charge is 2.32. The van der Waals surface area contributed by atoms with Crippen LogP contribution in [0.25, 0.3) is 0 Å². The standard InChI is InChI=1S/C18H24F3N3O2/c1-10(8-9-17(3,23-5)11(2)22)24-16(26)14-13(25)7-6-12(15(14)19)18(4,20)21/h6-10,23,25H,2,22H2,1,3-5H3,(H,24,26)/b9-8-. The van der Waals surface area contributed by atoms with Crippen LogP contribution in [-0.4, -0.2) is 29.6 Å². The molecule has 0 aliphatic heterocycles. The average Bonchev–Trinajstić information content (AvgIpc) is 2.51. The van der Waals surface area contributed by atoms with Gasteiger partial charge in [-0.1, -0.05) is 18.7 Å². The number of hydrogen-bond acceptors (Lipinski definition) is 4. The zero-order valence-electron chi connectivity index (χ0n) is 15.2. The van der Waals surface area contributed by atoms with E-state index in [1.54, 1.807) is 33.0 Å². The Bertz CT molecular complexity index is 729. The second-order valence-electron chi connectivity index (χ2n) is 6.31. The fourth-order valence-electron chi connectivity index (χ4n) is 2.14. The minimum atomic E-state index is -3.49. The van der Waals surface area contributed by atoms with Crippen LogP contribution >= 0.6 is 0 Å². The summed E-state index contributed by atoms with van der Waals surface area (Å²) in [6.45, 7) is 7.53. The van der Waals surface area contributed by atoms with Gasteiger partial charge in [-0.2, -0.15) is 0 Å². The fraction of sp³-hybridized carbons (Fsp3) is 0.389. The molecule has 0 heterocycles. The maximum Gasteiger partial charge on any atom is 0.273 e. The molecule has 0 fully saturated rings. The molecule has 0 saturated carbocycles. The Hall–Kier alpha value is -2.48. The number of nitrogens with one attached hydrogen (secondary N) is 2. The lowest BCUT2D eigenvalue weighted by atomic mass is 9.97. The van der Waals surface area contributed by atoms with E-state index in [0.29, 0.717) is 12.6 Å². The summed E-state index contributed by atoms with van der Waals surface area (Å²) in [5.41, 5.74) is 3.53. The summed E-state index contributed by atoms with van der Waals surface area (Å²) in [5.74, 6) is -6.68. The van der Waals surface area contributed by atoms with Crippen molar-refractivity contribution in [1.82, 2.24) is 10.6 Å². The third-order valence-corrected chi connectivity index (χ3v) is 4.08. The van der Waals surface area contributed by atoms with E-state index in [0.717, 1.165) is 12.1 Å². The van der Waals surface area contributed by atoms with E-state index in [1.165, 1.54) is 0 Å². The minimum Gasteiger partial charge on any atom is -0.507 e. The maximum absolute atomic E-state index is 14.3. The molecule has 144 valence electrons. The van der Waals surface area contributed by atoms with Crippen LogP contribution in [0.3, 0.4) is 0 Å². The molecule has 26 heavy (non-hydrogen) atoms. The molecule has 1 rings (SSSR count). The molecule has 0 bridgehead atoms. The first kappa shape index (κ1) is 21.6. The van der Waals surface area contributed by atoms with E-state index < -0.39 is 46.1 Å². The lowest BCUT2D eigenvalue weighted by Gasteiger charge is -2.26. The van der Waals surface area contributed by atoms with Gasteiger partial charge < -0.3 is 21.5 Å². The van der Waals surface area contributed by atoms with Crippen molar-refractivity contribution in [2.24, 2.45) is 5.73 Å². The lowest BCUT2D eigenvalue weighted by molar-refractivity contribution is 0.0136. The van der Waals surface area contributed by atoms with Gasteiger partial charge in [0.1, 0.15) is 17.1 Å². The highest BCUT2D eigenvalue weighted by Crippen LogP contribution is 2.33. The van der Waals surface area contributed by atoms with E-state index in [1.807, 2.05) is 0 Å². The number of carbonyl (C=O) groups excluding carboxylic acids is 1. The van der Waals surface area contributed by atoms with Crippen molar-refractivity contribution in [3.8, 4) is 5.75 Å². The van der Waals surface area contributed by atoms with Crippen molar-refractivity contribution >= 4 is 5.91 Å². The second kappa shape index (κ2) is 7.82. The van der Waals surface area contributed by atoms with Crippen LogP contribution < -0.4 is 16.4 Å². The summed E-state index contributed by atoms with van der Waals surface area (Å²) < 4.78 is 41.2. The molecule has 1 amide bonds. The van der Waals surface area contributed by atoms with E-state index in [9.17, 15) is 23.1 Å². The summed E-state index contributed by atoms with van der Waals surface area (Å²) >= 11 is 0. The smallest absolute Gasteiger partial charge is 0.273 e. The van der Waals surface area contributed by atoms with Gasteiger partial charge in [0.25, 0.3) is 11.8 Å². The van der Waals surface area contributed by atoms with E-state index >= 15 is 0 Å². The van der Waals surface area contributed by atoms with Gasteiger partial charge in [0.15, 0.2) is 0 Å². The molecule has 8 heteroatoms. The SMILES string of the molecule is C=C(N)C(C)(/C=C\C(C)NC(=O)c1c(O)ccc(C(C)(F)F)c1F)NC. The monoisotopic (exact) mass is 371 g/mol. The summed E-state index contributed by atoms with van der Waals surface area (Å²) in [6, 6.07) is 1.01. The first-order chi connectivity index (χ1) is 11.8. The molecule has 1 aromatic rings. The minimum absolute atomic E-state index is 0.344. The average molecular weight is 371 g/mol. The number of alkyl halides is 2. The summed E-state index contributed by atoms with van der Waals surface area (Å²) in [6.07, 6.45) is 3.24. The van der Waals surface area contributed by atoms with Crippen LogP contribution in [0.5, 0.6) is 5.75 Å². The Morgan fingerprint density at radius 1 is 1.38 bits per heavy atom. The number of phenols is 1. The summed E-state index contributed by atoms with van der Waals surface area (Å²) in [5, 5.41) is 15.1. The predicted molar refractivity (Wildman–Crippen MR) is 94.5 cm³/mol. The number of benzene rings is 1. The Morgan fingerprint density at radius 2 is 1.96 bits per heavy atom. The molecule has 1 aromatic carbocycles. The zero-order chi connectivity index (χ0) is 20.3. The van der Waals surface area contributed by atoms with Crippen LogP contribution in [0.2, 0.25) is 0 Å². The molecular formula is C18H24F3N3O2. The van der Waals surface area contributed by atoms with Gasteiger partial charge in [0.2, 0.25) is 0 Å². The number of halogens is 3. The molecule has 2 unspecified atom stereocenters. The Labute approximate surface area is 150 Å². The van der Waals surface area contributed by atoms with Crippen molar-refractivity contribution in [2.45, 2.75) is 38.3 Å². The molecular weight excluding hydrogens is 347 g/mol. The highest BCUT2D eigenvalue weighted by atomic mass is 19.3. The van der Waals surface area contributed by atoms with Crippen molar-refractivity contribution in [3.63, 3.8) is 0 Å². The largest absolute Gasteiger partial charge is 0.507 e. The Balaban J connectivity index is 3.07. The highest BCUT2D eigenvalue weighted by molar-refractivity contribution is 5.97. The lowest BCUT2D eigenvalue weighted by Crippen LogP contribution is -2.43. The first-order valence-corrected chi connectivity index (χ1v) is 7.87. The van der Waals surface area contributed by atoms with Crippen LogP contribution in [-0.2, 0) is 5.92 Å². The molecule has 5 nitrogen and oxygen atoms in total. The molecule has 2 atom stereocenters. The topological polar surface area (TPSA) is 87.4 Å². The van der Waals surface area contributed by atoms with Gasteiger partial charge in [0.05, 0.1) is 11.1 Å². The number of amides is 1. The van der Waals surface area contributed by atoms with Crippen LogP contribution in [0.15, 0.2) is 36.6 Å². The number of hydrogen-bond donors (Lipinski definition) is 4. The quantitative estimate of drug-likeness (QED) is 0.555. The molecule has 0 aliphatic rings. The van der Waals surface area contributed by atoms with Gasteiger partial charge in [-0.15, -0.1) is 0 Å². The van der Waals surface area contributed by atoms with Gasteiger partial charge in [-0.05, 0) is 33.0 Å². The van der Waals surface area contributed by atoms with Crippen molar-refractivity contribution < 1.29 is 23.1 Å². The summed E-state index contributed by atoms with van der Waals surface area (Å²) in [7, 11) is 1.68. The van der Waals surface area contributed by atoms with Gasteiger partial charge >= 0.3 is 0 Å². The normalized spacial score (nSPS) is 15.5. The molecule has 5 N–H and O–H groups in total. The molecule has 0 aromatic heterocycles. The van der Waals surface area contributed by atoms with Crippen molar-refractivity contribution in [2.75, 3.05) is 7.05 Å². The number of carbonyl (C=O) groups is 1. The number of likely N-dealkylation sites (N-methyl/N-ethyl adjacent to an activating group) is 1. The number of phenolic OH excluding ortho intramolecular Hbond substituents is 1. The number of rotatable bonds is 7. The first-order valence-electron chi connectivity index (χ1n) is 7.87. The van der Waals surface area contributed by atoms with Crippen LogP contribution in [0.4, 0.5) is 13.2 Å². The van der Waals surface area contributed by atoms with Gasteiger partial charge in [-0.25, -0.2) is 13.2 Å². The van der Waals surface area contributed by atoms with E-state index in [2.05, 4.69) is 17.2 Å². The predicted octanol–water partition coefficient (Wildman–Crippen LogP) is 2.77. The molecule has 0 aliphatic carbocycles. The van der Waals surface area contributed by atoms with Gasteiger partial charge in [0, 0.05) is 18.7 Å². The van der Waals surface area contributed by atoms with E-state index in [4.69, 9.17) is 5.73 Å². The molecule has 0 spiro atoms. The Kier molecular flexibility index (Phi) is 6.49. The number of aromatic hydroxyl groups is 1. The van der Waals surface area contributed by atoms with Crippen molar-refractivity contribution in [3.05, 3.63) is 53.5 Å². The zero-order valence-corrected chi connectivity index (χ0v) is 15.2. The Morgan fingerprint density at radius 3 is 2.42 bits per heavy atom. The number of nitrogens with two attached hydrogens (primary N) is 1.